The first-order valence-electron chi connectivity index (χ1n) is 10.2. The van der Waals surface area contributed by atoms with Gasteiger partial charge in [-0.15, -0.1) is 11.3 Å². The number of thiophene rings is 1. The van der Waals surface area contributed by atoms with Gasteiger partial charge in [0.1, 0.15) is 17.7 Å². The van der Waals surface area contributed by atoms with Crippen LogP contribution < -0.4 is 21.7 Å². The third-order valence-electron chi connectivity index (χ3n) is 5.56. The minimum Gasteiger partial charge on any atom is -0.390 e. The number of rotatable bonds is 9. The third-order valence-corrected chi connectivity index (χ3v) is 6.45. The van der Waals surface area contributed by atoms with Crippen molar-refractivity contribution in [2.45, 2.75) is 69.0 Å². The van der Waals surface area contributed by atoms with Gasteiger partial charge in [-0.2, -0.15) is 0 Å². The Morgan fingerprint density at radius 1 is 1.29 bits per heavy atom. The summed E-state index contributed by atoms with van der Waals surface area (Å²) < 4.78 is 0. The number of likely N-dealkylation sites (N-methyl/N-ethyl adjacent to an activating group) is 1. The van der Waals surface area contributed by atoms with Gasteiger partial charge in [0.25, 0.3) is 5.91 Å². The Hall–Kier alpha value is -2.05. The van der Waals surface area contributed by atoms with Gasteiger partial charge in [0.05, 0.1) is 18.2 Å². The lowest BCUT2D eigenvalue weighted by atomic mass is 9.77. The number of nitrogens with one attached hydrogen (secondary N) is 3. The van der Waals surface area contributed by atoms with Crippen LogP contribution in [-0.4, -0.2) is 76.0 Å². The molecule has 11 heteroatoms. The first kappa shape index (κ1) is 25.2. The van der Waals surface area contributed by atoms with Crippen molar-refractivity contribution in [2.24, 2.45) is 11.7 Å². The van der Waals surface area contributed by atoms with Crippen molar-refractivity contribution in [1.29, 1.82) is 0 Å². The fourth-order valence-electron chi connectivity index (χ4n) is 3.81. The SMILES string of the molecule is CNC(C(=O)NC1CC(O)(C(=O)NC(Cc2cccs2)C(N)=O)CC(O)C1O)C(C)C. The number of primary amides is 1. The highest BCUT2D eigenvalue weighted by Crippen LogP contribution is 2.30. The van der Waals surface area contributed by atoms with Crippen molar-refractivity contribution in [3.8, 4) is 0 Å². The van der Waals surface area contributed by atoms with Crippen LogP contribution in [0.5, 0.6) is 0 Å². The predicted molar refractivity (Wildman–Crippen MR) is 115 cm³/mol. The molecule has 0 spiro atoms. The fraction of sp³-hybridized carbons (Fsp3) is 0.650. The molecule has 1 aromatic heterocycles. The van der Waals surface area contributed by atoms with Crippen molar-refractivity contribution >= 4 is 29.1 Å². The van der Waals surface area contributed by atoms with E-state index in [4.69, 9.17) is 5.73 Å². The Bertz CT molecular complexity index is 774. The van der Waals surface area contributed by atoms with E-state index < -0.39 is 60.1 Å². The summed E-state index contributed by atoms with van der Waals surface area (Å²) in [6.07, 6.45) is -3.43. The largest absolute Gasteiger partial charge is 0.390 e. The van der Waals surface area contributed by atoms with Crippen molar-refractivity contribution < 1.29 is 29.7 Å². The molecule has 6 unspecified atom stereocenters. The normalized spacial score (nSPS) is 28.0. The molecule has 1 aliphatic rings. The maximum absolute atomic E-state index is 12.9. The second-order valence-electron chi connectivity index (χ2n) is 8.34. The zero-order valence-electron chi connectivity index (χ0n) is 17.9. The second kappa shape index (κ2) is 10.5. The van der Waals surface area contributed by atoms with Crippen LogP contribution in [0.25, 0.3) is 0 Å². The number of carbonyl (C=O) groups is 3. The van der Waals surface area contributed by atoms with Crippen LogP contribution in [0.15, 0.2) is 17.5 Å². The van der Waals surface area contributed by atoms with Gasteiger partial charge >= 0.3 is 0 Å². The zero-order valence-corrected chi connectivity index (χ0v) is 18.7. The number of carbonyl (C=O) groups excluding carboxylic acids is 3. The first-order valence-corrected chi connectivity index (χ1v) is 11.0. The van der Waals surface area contributed by atoms with Crippen LogP contribution in [-0.2, 0) is 20.8 Å². The van der Waals surface area contributed by atoms with Crippen molar-refractivity contribution in [3.63, 3.8) is 0 Å². The Kier molecular flexibility index (Phi) is 8.55. The lowest BCUT2D eigenvalue weighted by Gasteiger charge is -2.42. The number of hydrogen-bond donors (Lipinski definition) is 7. The van der Waals surface area contributed by atoms with Crippen LogP contribution in [0.3, 0.4) is 0 Å². The molecule has 8 N–H and O–H groups in total. The van der Waals surface area contributed by atoms with E-state index in [0.29, 0.717) is 0 Å². The minimum atomic E-state index is -2.10. The molecule has 1 fully saturated rings. The smallest absolute Gasteiger partial charge is 0.252 e. The monoisotopic (exact) mass is 456 g/mol. The fourth-order valence-corrected chi connectivity index (χ4v) is 4.56. The van der Waals surface area contributed by atoms with Gasteiger partial charge in [-0.3, -0.25) is 14.4 Å². The summed E-state index contributed by atoms with van der Waals surface area (Å²) in [6.45, 7) is 3.68. The number of amides is 3. The van der Waals surface area contributed by atoms with Crippen LogP contribution in [0.4, 0.5) is 0 Å². The van der Waals surface area contributed by atoms with Gasteiger partial charge in [-0.1, -0.05) is 19.9 Å². The number of hydrogen-bond acceptors (Lipinski definition) is 8. The lowest BCUT2D eigenvalue weighted by Crippen LogP contribution is -2.65. The summed E-state index contributed by atoms with van der Waals surface area (Å²) in [6, 6.07) is 0.918. The quantitative estimate of drug-likeness (QED) is 0.230. The van der Waals surface area contributed by atoms with Crippen LogP contribution in [0.2, 0.25) is 0 Å². The Morgan fingerprint density at radius 3 is 2.48 bits per heavy atom. The molecule has 2 rings (SSSR count). The molecule has 0 bridgehead atoms. The summed E-state index contributed by atoms with van der Waals surface area (Å²) in [5.74, 6) is -2.13. The molecule has 10 nitrogen and oxygen atoms in total. The topological polar surface area (TPSA) is 174 Å². The highest BCUT2D eigenvalue weighted by atomic mass is 32.1. The van der Waals surface area contributed by atoms with E-state index in [-0.39, 0.29) is 18.8 Å². The van der Waals surface area contributed by atoms with E-state index in [1.54, 1.807) is 19.2 Å². The Morgan fingerprint density at radius 2 is 1.97 bits per heavy atom. The van der Waals surface area contributed by atoms with Gasteiger partial charge in [-0.05, 0) is 24.4 Å². The van der Waals surface area contributed by atoms with E-state index in [2.05, 4.69) is 16.0 Å². The van der Waals surface area contributed by atoms with Crippen LogP contribution >= 0.6 is 11.3 Å². The summed E-state index contributed by atoms with van der Waals surface area (Å²) in [7, 11) is 1.62. The maximum atomic E-state index is 12.9. The van der Waals surface area contributed by atoms with Crippen molar-refractivity contribution in [2.75, 3.05) is 7.05 Å². The van der Waals surface area contributed by atoms with Gasteiger partial charge < -0.3 is 37.0 Å². The molecule has 1 aromatic rings. The molecule has 1 aliphatic carbocycles. The summed E-state index contributed by atoms with van der Waals surface area (Å²) in [4.78, 5) is 38.1. The van der Waals surface area contributed by atoms with Crippen molar-refractivity contribution in [1.82, 2.24) is 16.0 Å². The van der Waals surface area contributed by atoms with Gasteiger partial charge in [0.2, 0.25) is 11.8 Å². The van der Waals surface area contributed by atoms with Gasteiger partial charge in [0.15, 0.2) is 0 Å². The zero-order chi connectivity index (χ0) is 23.3. The molecule has 0 radical (unpaired) electrons. The van der Waals surface area contributed by atoms with Crippen LogP contribution in [0.1, 0.15) is 31.6 Å². The van der Waals surface area contributed by atoms with Crippen molar-refractivity contribution in [3.05, 3.63) is 22.4 Å². The molecule has 6 atom stereocenters. The predicted octanol–water partition coefficient (Wildman–Crippen LogP) is -1.76. The molecule has 174 valence electrons. The number of nitrogens with two attached hydrogens (primary N) is 1. The van der Waals surface area contributed by atoms with E-state index in [9.17, 15) is 29.7 Å². The molecule has 0 saturated heterocycles. The van der Waals surface area contributed by atoms with E-state index in [1.807, 2.05) is 19.2 Å². The summed E-state index contributed by atoms with van der Waals surface area (Å²) in [5, 5.41) is 41.3. The average Bonchev–Trinajstić information content (AvgIpc) is 3.18. The lowest BCUT2D eigenvalue weighted by molar-refractivity contribution is -0.161. The van der Waals surface area contributed by atoms with Crippen LogP contribution in [0, 0.1) is 5.92 Å². The van der Waals surface area contributed by atoms with Gasteiger partial charge in [0, 0.05) is 24.1 Å². The molecule has 31 heavy (non-hydrogen) atoms. The number of aliphatic hydroxyl groups is 3. The van der Waals surface area contributed by atoms with E-state index in [1.165, 1.54) is 11.3 Å². The summed E-state index contributed by atoms with van der Waals surface area (Å²) in [5.41, 5.74) is 3.31. The molecule has 1 heterocycles. The molecule has 0 aliphatic heterocycles. The Labute approximate surface area is 185 Å². The molecular formula is C20H32N4O6S. The average molecular weight is 457 g/mol. The minimum absolute atomic E-state index is 0.0496. The van der Waals surface area contributed by atoms with E-state index in [0.717, 1.165) is 4.88 Å². The third kappa shape index (κ3) is 6.23. The highest BCUT2D eigenvalue weighted by molar-refractivity contribution is 7.09. The molecule has 3 amide bonds. The van der Waals surface area contributed by atoms with E-state index >= 15 is 0 Å². The molecule has 1 saturated carbocycles. The summed E-state index contributed by atoms with van der Waals surface area (Å²) >= 11 is 1.40. The molecule has 0 aromatic carbocycles. The highest BCUT2D eigenvalue weighted by Gasteiger charge is 2.50. The standard InChI is InChI=1S/C20H32N4O6S/c1-10(2)15(22-3)18(28)23-13-8-20(30,9-14(25)16(13)26)19(29)24-12(17(21)27)7-11-5-4-6-31-11/h4-6,10,12-16,22,25-26,30H,7-9H2,1-3H3,(H2,21,27)(H,23,28)(H,24,29). The maximum Gasteiger partial charge on any atom is 0.252 e. The molecular weight excluding hydrogens is 424 g/mol. The first-order chi connectivity index (χ1) is 14.5. The number of aliphatic hydroxyl groups excluding tert-OH is 2. The second-order valence-corrected chi connectivity index (χ2v) is 9.37. The Balaban J connectivity index is 2.13. The van der Waals surface area contributed by atoms with Gasteiger partial charge in [-0.25, -0.2) is 0 Å².